The van der Waals surface area contributed by atoms with Gasteiger partial charge in [-0.25, -0.2) is 0 Å². The van der Waals surface area contributed by atoms with E-state index in [0.717, 1.165) is 31.1 Å². The fourth-order valence-corrected chi connectivity index (χ4v) is 2.38. The molecule has 102 valence electrons. The van der Waals surface area contributed by atoms with Crippen molar-refractivity contribution in [2.75, 3.05) is 6.61 Å². The predicted octanol–water partition coefficient (Wildman–Crippen LogP) is 4.32. The maximum atomic E-state index is 6.02. The number of benzene rings is 1. The Bertz CT molecular complexity index is 454. The smallest absolute Gasteiger partial charge is 0.199 e. The molecule has 0 bridgehead atoms. The number of rotatable bonds is 4. The number of allylic oxidation sites excluding steroid dienone is 1. The largest absolute Gasteiger partial charge is 0.464 e. The first-order valence-corrected chi connectivity index (χ1v) is 7.38. The Morgan fingerprint density at radius 1 is 1.21 bits per heavy atom. The van der Waals surface area contributed by atoms with E-state index in [2.05, 4.69) is 37.3 Å². The Morgan fingerprint density at radius 2 is 2.11 bits per heavy atom. The van der Waals surface area contributed by atoms with E-state index in [1.165, 1.54) is 30.4 Å². The highest BCUT2D eigenvalue weighted by molar-refractivity contribution is 5.58. The van der Waals surface area contributed by atoms with E-state index in [9.17, 15) is 0 Å². The minimum atomic E-state index is -0.0652. The fraction of sp³-hybridized carbons (Fsp3) is 0.529. The molecule has 1 aromatic carbocycles. The number of hydrogen-bond donors (Lipinski definition) is 0. The lowest BCUT2D eigenvalue weighted by atomic mass is 10.1. The van der Waals surface area contributed by atoms with Crippen LogP contribution in [0.2, 0.25) is 0 Å². The molecule has 1 saturated heterocycles. The first-order valence-electron chi connectivity index (χ1n) is 7.38. The minimum Gasteiger partial charge on any atom is -0.464 e. The number of aryl methyl sites for hydroxylation is 1. The van der Waals surface area contributed by atoms with Crippen LogP contribution < -0.4 is 4.74 Å². The Kier molecular flexibility index (Phi) is 3.88. The highest BCUT2D eigenvalue weighted by Crippen LogP contribution is 2.32. The van der Waals surface area contributed by atoms with Crippen molar-refractivity contribution < 1.29 is 9.47 Å². The molecule has 1 atom stereocenters. The van der Waals surface area contributed by atoms with Crippen molar-refractivity contribution in [1.29, 1.82) is 0 Å². The lowest BCUT2D eigenvalue weighted by Crippen LogP contribution is -2.25. The molecule has 2 aliphatic rings. The summed E-state index contributed by atoms with van der Waals surface area (Å²) in [4.78, 5) is 0. The van der Waals surface area contributed by atoms with E-state index in [0.29, 0.717) is 0 Å². The van der Waals surface area contributed by atoms with Gasteiger partial charge < -0.3 is 9.47 Å². The van der Waals surface area contributed by atoms with Gasteiger partial charge in [0.1, 0.15) is 5.75 Å². The fourth-order valence-electron chi connectivity index (χ4n) is 2.38. The Balaban J connectivity index is 1.74. The van der Waals surface area contributed by atoms with Crippen LogP contribution in [0.3, 0.4) is 0 Å². The quantitative estimate of drug-likeness (QED) is 0.800. The lowest BCUT2D eigenvalue weighted by molar-refractivity contribution is -0.106. The summed E-state index contributed by atoms with van der Waals surface area (Å²) in [5.74, 6) is 1.74. The van der Waals surface area contributed by atoms with Gasteiger partial charge in [0.05, 0.1) is 6.61 Å². The van der Waals surface area contributed by atoms with Gasteiger partial charge in [0.2, 0.25) is 0 Å². The summed E-state index contributed by atoms with van der Waals surface area (Å²) in [5.41, 5.74) is 2.45. The van der Waals surface area contributed by atoms with Crippen molar-refractivity contribution in [3.8, 4) is 5.75 Å². The number of ether oxygens (including phenoxy) is 2. The molecule has 1 unspecified atom stereocenters. The van der Waals surface area contributed by atoms with Crippen molar-refractivity contribution in [2.45, 2.75) is 45.3 Å². The first-order chi connectivity index (χ1) is 9.31. The van der Waals surface area contributed by atoms with E-state index >= 15 is 0 Å². The molecule has 0 aromatic heterocycles. The third-order valence-corrected chi connectivity index (χ3v) is 3.73. The molecule has 3 rings (SSSR count). The molecule has 1 saturated carbocycles. The Hall–Kier alpha value is -1.28. The van der Waals surface area contributed by atoms with Crippen LogP contribution >= 0.6 is 0 Å². The van der Waals surface area contributed by atoms with Crippen LogP contribution in [0.15, 0.2) is 24.3 Å². The van der Waals surface area contributed by atoms with Crippen molar-refractivity contribution in [3.05, 3.63) is 35.4 Å². The van der Waals surface area contributed by atoms with Gasteiger partial charge in [-0.3, -0.25) is 0 Å². The molecule has 0 N–H and O–H groups in total. The molecule has 2 heteroatoms. The van der Waals surface area contributed by atoms with E-state index in [-0.39, 0.29) is 6.29 Å². The van der Waals surface area contributed by atoms with E-state index in [4.69, 9.17) is 9.47 Å². The van der Waals surface area contributed by atoms with Gasteiger partial charge in [-0.05, 0) is 50.7 Å². The second kappa shape index (κ2) is 5.79. The summed E-state index contributed by atoms with van der Waals surface area (Å²) >= 11 is 0. The third kappa shape index (κ3) is 3.60. The zero-order valence-corrected chi connectivity index (χ0v) is 11.6. The Morgan fingerprint density at radius 3 is 2.84 bits per heavy atom. The molecule has 0 spiro atoms. The maximum Gasteiger partial charge on any atom is 0.199 e. The first kappa shape index (κ1) is 12.7. The van der Waals surface area contributed by atoms with E-state index in [1.54, 1.807) is 0 Å². The van der Waals surface area contributed by atoms with Gasteiger partial charge in [0, 0.05) is 12.0 Å². The van der Waals surface area contributed by atoms with Crippen molar-refractivity contribution >= 4 is 6.08 Å². The molecule has 2 nitrogen and oxygen atoms in total. The second-order valence-corrected chi connectivity index (χ2v) is 5.65. The normalized spacial score (nSPS) is 23.7. The highest BCUT2D eigenvalue weighted by Gasteiger charge is 2.18. The van der Waals surface area contributed by atoms with Crippen LogP contribution in [0.25, 0.3) is 6.08 Å². The summed E-state index contributed by atoms with van der Waals surface area (Å²) in [6, 6.07) is 6.36. The van der Waals surface area contributed by atoms with Gasteiger partial charge in [-0.15, -0.1) is 0 Å². The maximum absolute atomic E-state index is 6.02. The Labute approximate surface area is 115 Å². The van der Waals surface area contributed by atoms with Gasteiger partial charge in [-0.1, -0.05) is 23.8 Å². The van der Waals surface area contributed by atoms with Crippen molar-refractivity contribution in [1.82, 2.24) is 0 Å². The molecule has 0 amide bonds. The van der Waals surface area contributed by atoms with E-state index < -0.39 is 0 Å². The molecular formula is C17H22O2. The topological polar surface area (TPSA) is 18.5 Å². The molecule has 0 radical (unpaired) electrons. The summed E-state index contributed by atoms with van der Waals surface area (Å²) in [7, 11) is 0. The average Bonchev–Trinajstić information content (AvgIpc) is 3.24. The zero-order valence-electron chi connectivity index (χ0n) is 11.6. The molecule has 1 aliphatic heterocycles. The number of hydrogen-bond acceptors (Lipinski definition) is 2. The lowest BCUT2D eigenvalue weighted by Gasteiger charge is -2.24. The molecule has 2 fully saturated rings. The van der Waals surface area contributed by atoms with Crippen molar-refractivity contribution in [3.63, 3.8) is 0 Å². The van der Waals surface area contributed by atoms with Gasteiger partial charge in [-0.2, -0.15) is 0 Å². The summed E-state index contributed by atoms with van der Waals surface area (Å²) < 4.78 is 11.7. The van der Waals surface area contributed by atoms with Crippen LogP contribution in [-0.4, -0.2) is 12.9 Å². The van der Waals surface area contributed by atoms with Crippen LogP contribution in [0.4, 0.5) is 0 Å². The zero-order chi connectivity index (χ0) is 13.1. The molecule has 1 aromatic rings. The standard InChI is InChI=1S/C17H22O2/c1-13-5-10-16(19-17-4-2-3-11-18-17)15(12-13)9-8-14-6-7-14/h5,8-10,12,14,17H,2-4,6-7,11H2,1H3/b9-8+. The molecular weight excluding hydrogens is 236 g/mol. The highest BCUT2D eigenvalue weighted by atomic mass is 16.7. The molecule has 1 heterocycles. The summed E-state index contributed by atoms with van der Waals surface area (Å²) in [6.07, 6.45) is 10.5. The van der Waals surface area contributed by atoms with Gasteiger partial charge >= 0.3 is 0 Å². The van der Waals surface area contributed by atoms with Gasteiger partial charge in [0.15, 0.2) is 6.29 Å². The van der Waals surface area contributed by atoms with Crippen LogP contribution in [0.5, 0.6) is 5.75 Å². The molecule has 1 aliphatic carbocycles. The predicted molar refractivity (Wildman–Crippen MR) is 77.2 cm³/mol. The third-order valence-electron chi connectivity index (χ3n) is 3.73. The average molecular weight is 258 g/mol. The van der Waals surface area contributed by atoms with E-state index in [1.807, 2.05) is 0 Å². The minimum absolute atomic E-state index is 0.0652. The van der Waals surface area contributed by atoms with Crippen molar-refractivity contribution in [2.24, 2.45) is 5.92 Å². The SMILES string of the molecule is Cc1ccc(OC2CCCCO2)c(/C=C/C2CC2)c1. The molecule has 19 heavy (non-hydrogen) atoms. The van der Waals surface area contributed by atoms with Crippen LogP contribution in [-0.2, 0) is 4.74 Å². The van der Waals surface area contributed by atoms with Gasteiger partial charge in [0.25, 0.3) is 0 Å². The van der Waals surface area contributed by atoms with Crippen LogP contribution in [0.1, 0.15) is 43.2 Å². The van der Waals surface area contributed by atoms with Crippen LogP contribution in [0, 0.1) is 12.8 Å². The summed E-state index contributed by atoms with van der Waals surface area (Å²) in [6.45, 7) is 2.94. The second-order valence-electron chi connectivity index (χ2n) is 5.65. The summed E-state index contributed by atoms with van der Waals surface area (Å²) in [5, 5.41) is 0. The monoisotopic (exact) mass is 258 g/mol.